The molecule has 0 aromatic heterocycles. The molecule has 3 N–H and O–H groups in total. The minimum absolute atomic E-state index is 0.121. The second-order valence-electron chi connectivity index (χ2n) is 4.89. The minimum Gasteiger partial charge on any atom is -0.491 e. The van der Waals surface area contributed by atoms with Crippen molar-refractivity contribution in [2.75, 3.05) is 0 Å². The van der Waals surface area contributed by atoms with E-state index < -0.39 is 0 Å². The Kier molecular flexibility index (Phi) is 5.01. The Bertz CT molecular complexity index is 572. The number of nitrogens with two attached hydrogens (primary N) is 1. The topological polar surface area (TPSA) is 47.3 Å². The maximum absolute atomic E-state index is 6.04. The summed E-state index contributed by atoms with van der Waals surface area (Å²) in [6.45, 7) is 4.00. The van der Waals surface area contributed by atoms with E-state index in [0.29, 0.717) is 5.02 Å². The number of hydrogen-bond acceptors (Lipinski definition) is 3. The lowest BCUT2D eigenvalue weighted by Crippen LogP contribution is -2.28. The first kappa shape index (κ1) is 14.9. The Hall–Kier alpha value is -1.55. The van der Waals surface area contributed by atoms with Crippen LogP contribution in [0.4, 0.5) is 0 Å². The van der Waals surface area contributed by atoms with E-state index in [1.165, 1.54) is 0 Å². The van der Waals surface area contributed by atoms with E-state index in [2.05, 4.69) is 5.43 Å². The van der Waals surface area contributed by atoms with Gasteiger partial charge in [-0.2, -0.15) is 0 Å². The predicted octanol–water partition coefficient (Wildman–Crippen LogP) is 3.68. The molecule has 2 aromatic rings. The molecule has 0 heterocycles. The summed E-state index contributed by atoms with van der Waals surface area (Å²) in [5.74, 6) is 6.54. The summed E-state index contributed by atoms with van der Waals surface area (Å²) < 4.78 is 5.71. The summed E-state index contributed by atoms with van der Waals surface area (Å²) in [6.07, 6.45) is 0.140. The normalized spacial score (nSPS) is 12.4. The van der Waals surface area contributed by atoms with Crippen LogP contribution in [0.1, 0.15) is 31.0 Å². The van der Waals surface area contributed by atoms with Gasteiger partial charge in [0.1, 0.15) is 5.75 Å². The van der Waals surface area contributed by atoms with Crippen LogP contribution >= 0.6 is 11.6 Å². The number of ether oxygens (including phenoxy) is 1. The summed E-state index contributed by atoms with van der Waals surface area (Å²) >= 11 is 6.04. The highest BCUT2D eigenvalue weighted by molar-refractivity contribution is 6.30. The first-order chi connectivity index (χ1) is 9.60. The van der Waals surface area contributed by atoms with Gasteiger partial charge >= 0.3 is 0 Å². The first-order valence-corrected chi connectivity index (χ1v) is 6.96. The molecule has 20 heavy (non-hydrogen) atoms. The van der Waals surface area contributed by atoms with Gasteiger partial charge in [-0.15, -0.1) is 0 Å². The molecular formula is C16H19ClN2O. The molecule has 0 radical (unpaired) electrons. The molecule has 0 bridgehead atoms. The number of nitrogens with one attached hydrogen (secondary N) is 1. The average molecular weight is 291 g/mol. The van der Waals surface area contributed by atoms with Gasteiger partial charge in [0.05, 0.1) is 12.1 Å². The summed E-state index contributed by atoms with van der Waals surface area (Å²) in [6, 6.07) is 15.4. The maximum Gasteiger partial charge on any atom is 0.120 e. The number of benzene rings is 2. The SMILES string of the molecule is CC(C)Oc1cccc(C(NN)c2cccc(Cl)c2)c1. The highest BCUT2D eigenvalue weighted by Crippen LogP contribution is 2.26. The van der Waals surface area contributed by atoms with Gasteiger partial charge in [0.15, 0.2) is 0 Å². The first-order valence-electron chi connectivity index (χ1n) is 6.58. The zero-order valence-corrected chi connectivity index (χ0v) is 12.4. The van der Waals surface area contributed by atoms with Crippen molar-refractivity contribution in [3.05, 3.63) is 64.7 Å². The van der Waals surface area contributed by atoms with E-state index in [0.717, 1.165) is 16.9 Å². The second kappa shape index (κ2) is 6.75. The van der Waals surface area contributed by atoms with Gasteiger partial charge in [-0.1, -0.05) is 35.9 Å². The minimum atomic E-state index is -0.121. The molecular weight excluding hydrogens is 272 g/mol. The quantitative estimate of drug-likeness (QED) is 0.652. The third-order valence-electron chi connectivity index (χ3n) is 2.91. The van der Waals surface area contributed by atoms with Crippen LogP contribution in [-0.2, 0) is 0 Å². The van der Waals surface area contributed by atoms with Crippen molar-refractivity contribution in [1.29, 1.82) is 0 Å². The predicted molar refractivity (Wildman–Crippen MR) is 82.8 cm³/mol. The summed E-state index contributed by atoms with van der Waals surface area (Å²) in [4.78, 5) is 0. The third kappa shape index (κ3) is 3.73. The van der Waals surface area contributed by atoms with Gasteiger partial charge in [0.25, 0.3) is 0 Å². The van der Waals surface area contributed by atoms with Crippen LogP contribution in [0.25, 0.3) is 0 Å². The van der Waals surface area contributed by atoms with Gasteiger partial charge in [0, 0.05) is 5.02 Å². The molecule has 0 saturated carbocycles. The highest BCUT2D eigenvalue weighted by Gasteiger charge is 2.13. The Morgan fingerprint density at radius 2 is 1.70 bits per heavy atom. The Balaban J connectivity index is 2.32. The number of rotatable bonds is 5. The van der Waals surface area contributed by atoms with Crippen LogP contribution in [0, 0.1) is 0 Å². The van der Waals surface area contributed by atoms with E-state index >= 15 is 0 Å². The van der Waals surface area contributed by atoms with Crippen molar-refractivity contribution in [3.8, 4) is 5.75 Å². The lowest BCUT2D eigenvalue weighted by molar-refractivity contribution is 0.242. The van der Waals surface area contributed by atoms with Crippen LogP contribution < -0.4 is 16.0 Å². The second-order valence-corrected chi connectivity index (χ2v) is 5.33. The Morgan fingerprint density at radius 1 is 1.05 bits per heavy atom. The van der Waals surface area contributed by atoms with Crippen LogP contribution in [0.2, 0.25) is 5.02 Å². The summed E-state index contributed by atoms with van der Waals surface area (Å²) in [5.41, 5.74) is 4.88. The fourth-order valence-corrected chi connectivity index (χ4v) is 2.31. The molecule has 4 heteroatoms. The lowest BCUT2D eigenvalue weighted by atomic mass is 9.99. The zero-order valence-electron chi connectivity index (χ0n) is 11.6. The number of halogens is 1. The molecule has 0 aliphatic rings. The van der Waals surface area contributed by atoms with E-state index in [1.54, 1.807) is 0 Å². The molecule has 106 valence electrons. The van der Waals surface area contributed by atoms with Gasteiger partial charge in [-0.25, -0.2) is 5.43 Å². The molecule has 0 fully saturated rings. The monoisotopic (exact) mass is 290 g/mol. The lowest BCUT2D eigenvalue weighted by Gasteiger charge is -2.18. The molecule has 1 unspecified atom stereocenters. The van der Waals surface area contributed by atoms with Crippen LogP contribution in [0.5, 0.6) is 5.75 Å². The van der Waals surface area contributed by atoms with Gasteiger partial charge in [-0.3, -0.25) is 5.84 Å². The van der Waals surface area contributed by atoms with Crippen molar-refractivity contribution >= 4 is 11.6 Å². The van der Waals surface area contributed by atoms with E-state index in [9.17, 15) is 0 Å². The molecule has 3 nitrogen and oxygen atoms in total. The fraction of sp³-hybridized carbons (Fsp3) is 0.250. The van der Waals surface area contributed by atoms with E-state index in [1.807, 2.05) is 62.4 Å². The van der Waals surface area contributed by atoms with Crippen molar-refractivity contribution in [3.63, 3.8) is 0 Å². The van der Waals surface area contributed by atoms with Crippen molar-refractivity contribution < 1.29 is 4.74 Å². The smallest absolute Gasteiger partial charge is 0.120 e. The van der Waals surface area contributed by atoms with Gasteiger partial charge in [0.2, 0.25) is 0 Å². The van der Waals surface area contributed by atoms with Crippen molar-refractivity contribution in [2.45, 2.75) is 26.0 Å². The molecule has 0 saturated heterocycles. The van der Waals surface area contributed by atoms with Crippen LogP contribution in [0.3, 0.4) is 0 Å². The molecule has 1 atom stereocenters. The molecule has 0 aliphatic carbocycles. The average Bonchev–Trinajstić information content (AvgIpc) is 2.39. The summed E-state index contributed by atoms with van der Waals surface area (Å²) in [7, 11) is 0. The van der Waals surface area contributed by atoms with Crippen molar-refractivity contribution in [1.82, 2.24) is 5.43 Å². The Morgan fingerprint density at radius 3 is 2.30 bits per heavy atom. The zero-order chi connectivity index (χ0) is 14.5. The molecule has 0 amide bonds. The van der Waals surface area contributed by atoms with Gasteiger partial charge < -0.3 is 4.74 Å². The van der Waals surface area contributed by atoms with Crippen molar-refractivity contribution in [2.24, 2.45) is 5.84 Å². The molecule has 2 aromatic carbocycles. The standard InChI is InChI=1S/C16H19ClN2O/c1-11(2)20-15-8-4-6-13(10-15)16(19-18)12-5-3-7-14(17)9-12/h3-11,16,19H,18H2,1-2H3. The van der Waals surface area contributed by atoms with E-state index in [4.69, 9.17) is 22.2 Å². The summed E-state index contributed by atoms with van der Waals surface area (Å²) in [5, 5.41) is 0.692. The van der Waals surface area contributed by atoms with Crippen LogP contribution in [-0.4, -0.2) is 6.10 Å². The van der Waals surface area contributed by atoms with Gasteiger partial charge in [-0.05, 0) is 49.2 Å². The number of hydrazine groups is 1. The highest BCUT2D eigenvalue weighted by atomic mass is 35.5. The third-order valence-corrected chi connectivity index (χ3v) is 3.15. The van der Waals surface area contributed by atoms with Crippen LogP contribution in [0.15, 0.2) is 48.5 Å². The largest absolute Gasteiger partial charge is 0.491 e. The maximum atomic E-state index is 6.04. The molecule has 0 aliphatic heterocycles. The fourth-order valence-electron chi connectivity index (χ4n) is 2.11. The van der Waals surface area contributed by atoms with E-state index in [-0.39, 0.29) is 12.1 Å². The Labute approximate surface area is 124 Å². The molecule has 0 spiro atoms. The molecule has 2 rings (SSSR count). The number of hydrogen-bond donors (Lipinski definition) is 2.